The minimum atomic E-state index is -0.492. The second-order valence-electron chi connectivity index (χ2n) is 10.8. The average molecular weight is 524 g/mol. The fraction of sp³-hybridized carbons (Fsp3) is 0.206. The lowest BCUT2D eigenvalue weighted by atomic mass is 9.88. The van der Waals surface area contributed by atoms with Crippen molar-refractivity contribution >= 4 is 28.8 Å². The lowest BCUT2D eigenvalue weighted by molar-refractivity contribution is -0.114. The third-order valence-electron chi connectivity index (χ3n) is 7.38. The van der Waals surface area contributed by atoms with Gasteiger partial charge < -0.3 is 9.36 Å². The van der Waals surface area contributed by atoms with Gasteiger partial charge in [0.15, 0.2) is 0 Å². The van der Waals surface area contributed by atoms with Gasteiger partial charge in [0.2, 0.25) is 0 Å². The Bertz CT molecular complexity index is 1650. The van der Waals surface area contributed by atoms with Crippen molar-refractivity contribution in [2.75, 3.05) is 0 Å². The van der Waals surface area contributed by atoms with Crippen LogP contribution < -0.4 is 0 Å². The Morgan fingerprint density at radius 2 is 1.55 bits per heavy atom. The molecule has 5 rings (SSSR count). The number of hydrogen-bond donors (Lipinski definition) is 0. The second kappa shape index (κ2) is 10.2. The zero-order valence-corrected chi connectivity index (χ0v) is 22.9. The molecule has 2 nitrogen and oxygen atoms in total. The highest BCUT2D eigenvalue weighted by Gasteiger charge is 2.24. The van der Waals surface area contributed by atoms with Crippen molar-refractivity contribution < 1.29 is 9.18 Å². The number of benzene rings is 4. The Morgan fingerprint density at radius 1 is 0.868 bits per heavy atom. The molecule has 0 unspecified atom stereocenters. The van der Waals surface area contributed by atoms with E-state index in [1.54, 1.807) is 6.07 Å². The summed E-state index contributed by atoms with van der Waals surface area (Å²) in [6.07, 6.45) is 1.65. The first-order valence-corrected chi connectivity index (χ1v) is 13.2. The molecule has 0 atom stereocenters. The highest BCUT2D eigenvalue weighted by Crippen LogP contribution is 2.35. The predicted octanol–water partition coefficient (Wildman–Crippen LogP) is 9.20. The molecule has 0 fully saturated rings. The Labute approximate surface area is 228 Å². The molecule has 0 radical (unpaired) electrons. The van der Waals surface area contributed by atoms with E-state index in [0.717, 1.165) is 56.3 Å². The second-order valence-corrected chi connectivity index (χ2v) is 11.2. The molecule has 0 aliphatic heterocycles. The van der Waals surface area contributed by atoms with E-state index in [1.807, 2.05) is 81.4 Å². The van der Waals surface area contributed by atoms with Gasteiger partial charge in [0.25, 0.3) is 0 Å². The monoisotopic (exact) mass is 523 g/mol. The first-order valence-electron chi connectivity index (χ1n) is 12.9. The number of rotatable bonds is 7. The molecule has 4 aromatic carbocycles. The van der Waals surface area contributed by atoms with Crippen LogP contribution in [0.15, 0.2) is 84.9 Å². The molecular formula is C34H31ClFNO. The average Bonchev–Trinajstić information content (AvgIpc) is 3.15. The number of carbonyl (C=O) groups is 1. The summed E-state index contributed by atoms with van der Waals surface area (Å²) in [4.78, 5) is 11.8. The lowest BCUT2D eigenvalue weighted by Crippen LogP contribution is -2.19. The van der Waals surface area contributed by atoms with Crippen LogP contribution in [0.25, 0.3) is 33.2 Å². The molecule has 0 saturated heterocycles. The first kappa shape index (κ1) is 25.9. The molecule has 0 aliphatic rings. The van der Waals surface area contributed by atoms with E-state index in [9.17, 15) is 4.79 Å². The molecule has 38 heavy (non-hydrogen) atoms. The number of hydrogen-bond acceptors (Lipinski definition) is 1. The number of aryl methyl sites for hydroxylation is 2. The van der Waals surface area contributed by atoms with Crippen molar-refractivity contribution in [3.63, 3.8) is 0 Å². The van der Waals surface area contributed by atoms with Crippen molar-refractivity contribution in [1.82, 2.24) is 4.57 Å². The molecule has 1 heterocycles. The quantitative estimate of drug-likeness (QED) is 0.195. The predicted molar refractivity (Wildman–Crippen MR) is 156 cm³/mol. The van der Waals surface area contributed by atoms with Gasteiger partial charge in [-0.3, -0.25) is 0 Å². The van der Waals surface area contributed by atoms with E-state index in [2.05, 4.69) is 29.7 Å². The van der Waals surface area contributed by atoms with Gasteiger partial charge in [-0.15, -0.1) is 0 Å². The SMILES string of the molecule is Cc1ccccc1-c1ccc(-c2ccc3c(c2)c(C)c(CC(C)(C)C=O)n3Cc2ccc(Cl)cc2)cc1F. The highest BCUT2D eigenvalue weighted by atomic mass is 35.5. The summed E-state index contributed by atoms with van der Waals surface area (Å²) < 4.78 is 17.6. The van der Waals surface area contributed by atoms with Crippen LogP contribution in [0.2, 0.25) is 5.02 Å². The summed E-state index contributed by atoms with van der Waals surface area (Å²) in [5, 5.41) is 1.81. The third kappa shape index (κ3) is 5.04. The molecule has 5 aromatic rings. The number of carbonyl (C=O) groups excluding carboxylic acids is 1. The van der Waals surface area contributed by atoms with Crippen LogP contribution in [-0.4, -0.2) is 10.9 Å². The van der Waals surface area contributed by atoms with E-state index in [4.69, 9.17) is 11.6 Å². The third-order valence-corrected chi connectivity index (χ3v) is 7.64. The van der Waals surface area contributed by atoms with Gasteiger partial charge in [-0.05, 0) is 84.0 Å². The van der Waals surface area contributed by atoms with Gasteiger partial charge in [-0.1, -0.05) is 80.0 Å². The van der Waals surface area contributed by atoms with E-state index < -0.39 is 5.41 Å². The van der Waals surface area contributed by atoms with Gasteiger partial charge in [0, 0.05) is 39.1 Å². The Balaban J connectivity index is 1.60. The fourth-order valence-corrected chi connectivity index (χ4v) is 5.32. The summed E-state index contributed by atoms with van der Waals surface area (Å²) >= 11 is 6.12. The number of halogens is 2. The zero-order chi connectivity index (χ0) is 27.0. The smallest absolute Gasteiger partial charge is 0.131 e. The van der Waals surface area contributed by atoms with Gasteiger partial charge in [-0.2, -0.15) is 0 Å². The fourth-order valence-electron chi connectivity index (χ4n) is 5.20. The van der Waals surface area contributed by atoms with Crippen molar-refractivity contribution in [3.8, 4) is 22.3 Å². The maximum absolute atomic E-state index is 15.3. The van der Waals surface area contributed by atoms with E-state index in [0.29, 0.717) is 23.6 Å². The molecule has 4 heteroatoms. The van der Waals surface area contributed by atoms with Crippen LogP contribution in [-0.2, 0) is 17.8 Å². The summed E-state index contributed by atoms with van der Waals surface area (Å²) in [6.45, 7) is 8.72. The molecule has 0 bridgehead atoms. The largest absolute Gasteiger partial charge is 0.340 e. The van der Waals surface area contributed by atoms with Crippen molar-refractivity contribution in [2.24, 2.45) is 5.41 Å². The summed E-state index contributed by atoms with van der Waals surface area (Å²) in [6, 6.07) is 27.5. The Morgan fingerprint density at radius 3 is 2.24 bits per heavy atom. The van der Waals surface area contributed by atoms with Gasteiger partial charge >= 0.3 is 0 Å². The molecule has 192 valence electrons. The molecule has 0 N–H and O–H groups in total. The van der Waals surface area contributed by atoms with E-state index in [-0.39, 0.29) is 5.82 Å². The normalized spacial score (nSPS) is 11.7. The van der Waals surface area contributed by atoms with Crippen molar-refractivity contribution in [2.45, 2.75) is 40.7 Å². The Hall–Kier alpha value is -3.69. The van der Waals surface area contributed by atoms with Crippen molar-refractivity contribution in [3.05, 3.63) is 118 Å². The van der Waals surface area contributed by atoms with Crippen LogP contribution >= 0.6 is 11.6 Å². The van der Waals surface area contributed by atoms with E-state index >= 15 is 4.39 Å². The standard InChI is InChI=1S/C34H31ClFNO/c1-22-7-5-6-8-28(22)29-15-11-26(18-31(29)36)25-12-16-32-30(17-25)23(2)33(19-34(3,4)21-38)37(32)20-24-9-13-27(35)14-10-24/h5-18,21H,19-20H2,1-4H3. The Kier molecular flexibility index (Phi) is 6.98. The minimum Gasteiger partial charge on any atom is -0.340 e. The van der Waals surface area contributed by atoms with Crippen molar-refractivity contribution in [1.29, 1.82) is 0 Å². The first-order chi connectivity index (χ1) is 18.2. The molecule has 0 aliphatic carbocycles. The minimum absolute atomic E-state index is 0.234. The summed E-state index contributed by atoms with van der Waals surface area (Å²) in [5.74, 6) is -0.234. The van der Waals surface area contributed by atoms with Crippen LogP contribution in [0.3, 0.4) is 0 Å². The highest BCUT2D eigenvalue weighted by molar-refractivity contribution is 6.30. The van der Waals surface area contributed by atoms with Gasteiger partial charge in [0.1, 0.15) is 12.1 Å². The maximum atomic E-state index is 15.3. The lowest BCUT2D eigenvalue weighted by Gasteiger charge is -2.20. The number of aromatic nitrogens is 1. The summed E-state index contributed by atoms with van der Waals surface area (Å²) in [5.41, 5.74) is 8.36. The van der Waals surface area contributed by atoms with Crippen LogP contribution in [0, 0.1) is 25.1 Å². The maximum Gasteiger partial charge on any atom is 0.131 e. The van der Waals surface area contributed by atoms with E-state index in [1.165, 1.54) is 0 Å². The topological polar surface area (TPSA) is 22.0 Å². The molecule has 0 amide bonds. The van der Waals surface area contributed by atoms with Crippen LogP contribution in [0.5, 0.6) is 0 Å². The number of fused-ring (bicyclic) bond motifs is 1. The van der Waals surface area contributed by atoms with Gasteiger partial charge in [0.05, 0.1) is 0 Å². The summed E-state index contributed by atoms with van der Waals surface area (Å²) in [7, 11) is 0. The van der Waals surface area contributed by atoms with Crippen LogP contribution in [0.4, 0.5) is 4.39 Å². The zero-order valence-electron chi connectivity index (χ0n) is 22.2. The number of aldehydes is 1. The van der Waals surface area contributed by atoms with Gasteiger partial charge in [-0.25, -0.2) is 4.39 Å². The molecule has 0 saturated carbocycles. The molecule has 0 spiro atoms. The molecular weight excluding hydrogens is 493 g/mol. The van der Waals surface area contributed by atoms with Crippen LogP contribution in [0.1, 0.15) is 36.2 Å². The molecule has 1 aromatic heterocycles. The number of nitrogens with zero attached hydrogens (tertiary/aromatic N) is 1.